The molecule has 1 aliphatic carbocycles. The van der Waals surface area contributed by atoms with Gasteiger partial charge in [0.05, 0.1) is 0 Å². The summed E-state index contributed by atoms with van der Waals surface area (Å²) in [7, 11) is 0. The maximum atomic E-state index is 12.1. The standard InChI is InChI=1S/C15H20N2O3/c1-11-7-5-6-10-15(11,13(18)19)17-14(20)16-12-8-3-2-4-9-12/h2-4,8-9,11H,5-7,10H2,1H3,(H,18,19)(H2,16,17,20). The second kappa shape index (κ2) is 5.94. The van der Waals surface area contributed by atoms with Crippen molar-refractivity contribution in [3.05, 3.63) is 30.3 Å². The van der Waals surface area contributed by atoms with Crippen molar-refractivity contribution in [2.45, 2.75) is 38.1 Å². The number of aliphatic carboxylic acids is 1. The third kappa shape index (κ3) is 2.92. The molecule has 1 aliphatic rings. The molecule has 0 aliphatic heterocycles. The summed E-state index contributed by atoms with van der Waals surface area (Å²) in [6, 6.07) is 8.53. The van der Waals surface area contributed by atoms with Crippen LogP contribution in [-0.4, -0.2) is 22.6 Å². The summed E-state index contributed by atoms with van der Waals surface area (Å²) in [6.07, 6.45) is 3.13. The maximum absolute atomic E-state index is 12.1. The minimum atomic E-state index is -1.16. The summed E-state index contributed by atoms with van der Waals surface area (Å²) >= 11 is 0. The number of urea groups is 1. The van der Waals surface area contributed by atoms with Gasteiger partial charge in [-0.3, -0.25) is 0 Å². The van der Waals surface area contributed by atoms with Gasteiger partial charge in [-0.1, -0.05) is 38.0 Å². The van der Waals surface area contributed by atoms with Gasteiger partial charge in [-0.2, -0.15) is 0 Å². The Morgan fingerprint density at radius 3 is 2.55 bits per heavy atom. The predicted octanol–water partition coefficient (Wildman–Crippen LogP) is 2.84. The number of hydrogen-bond acceptors (Lipinski definition) is 2. The Bertz CT molecular complexity index is 489. The van der Waals surface area contributed by atoms with Crippen LogP contribution in [0.1, 0.15) is 32.6 Å². The minimum absolute atomic E-state index is 0.0738. The molecular formula is C15H20N2O3. The quantitative estimate of drug-likeness (QED) is 0.794. The molecule has 2 amide bonds. The van der Waals surface area contributed by atoms with Crippen molar-refractivity contribution < 1.29 is 14.7 Å². The van der Waals surface area contributed by atoms with Gasteiger partial charge in [-0.05, 0) is 30.9 Å². The topological polar surface area (TPSA) is 78.4 Å². The Labute approximate surface area is 118 Å². The first-order valence-electron chi connectivity index (χ1n) is 6.92. The Balaban J connectivity index is 2.08. The van der Waals surface area contributed by atoms with E-state index in [-0.39, 0.29) is 5.92 Å². The number of carboxylic acid groups (broad SMARTS) is 1. The molecule has 1 saturated carbocycles. The number of amides is 2. The van der Waals surface area contributed by atoms with E-state index in [9.17, 15) is 14.7 Å². The fourth-order valence-corrected chi connectivity index (χ4v) is 2.79. The second-order valence-electron chi connectivity index (χ2n) is 5.37. The number of nitrogens with one attached hydrogen (secondary N) is 2. The van der Waals surface area contributed by atoms with Crippen LogP contribution >= 0.6 is 0 Å². The maximum Gasteiger partial charge on any atom is 0.329 e. The Kier molecular flexibility index (Phi) is 4.27. The first-order valence-corrected chi connectivity index (χ1v) is 6.92. The van der Waals surface area contributed by atoms with Crippen molar-refractivity contribution in [1.29, 1.82) is 0 Å². The summed E-state index contributed by atoms with van der Waals surface area (Å²) in [5.41, 5.74) is -0.508. The first kappa shape index (κ1) is 14.4. The zero-order valence-electron chi connectivity index (χ0n) is 11.6. The number of benzene rings is 1. The van der Waals surface area contributed by atoms with E-state index in [1.807, 2.05) is 25.1 Å². The normalized spacial score (nSPS) is 25.8. The van der Waals surface area contributed by atoms with Gasteiger partial charge >= 0.3 is 12.0 Å². The fourth-order valence-electron chi connectivity index (χ4n) is 2.79. The molecular weight excluding hydrogens is 256 g/mol. The van der Waals surface area contributed by atoms with E-state index in [4.69, 9.17) is 0 Å². The van der Waals surface area contributed by atoms with Crippen LogP contribution in [0.2, 0.25) is 0 Å². The summed E-state index contributed by atoms with van der Waals surface area (Å²) in [4.78, 5) is 23.7. The minimum Gasteiger partial charge on any atom is -0.479 e. The van der Waals surface area contributed by atoms with Crippen LogP contribution in [0.3, 0.4) is 0 Å². The summed E-state index contributed by atoms with van der Waals surface area (Å²) in [5.74, 6) is -1.02. The molecule has 5 nitrogen and oxygen atoms in total. The molecule has 5 heteroatoms. The lowest BCUT2D eigenvalue weighted by molar-refractivity contribution is -0.148. The van der Waals surface area contributed by atoms with Gasteiger partial charge in [0.25, 0.3) is 0 Å². The third-order valence-electron chi connectivity index (χ3n) is 4.05. The first-order chi connectivity index (χ1) is 9.54. The zero-order valence-corrected chi connectivity index (χ0v) is 11.6. The summed E-state index contributed by atoms with van der Waals surface area (Å²) in [6.45, 7) is 1.88. The van der Waals surface area contributed by atoms with Gasteiger partial charge in [-0.15, -0.1) is 0 Å². The van der Waals surface area contributed by atoms with Gasteiger partial charge in [0.2, 0.25) is 0 Å². The number of rotatable bonds is 3. The number of anilines is 1. The lowest BCUT2D eigenvalue weighted by atomic mass is 9.73. The molecule has 2 rings (SSSR count). The Morgan fingerprint density at radius 1 is 1.25 bits per heavy atom. The molecule has 1 aromatic carbocycles. The van der Waals surface area contributed by atoms with E-state index in [0.717, 1.165) is 19.3 Å². The molecule has 2 atom stereocenters. The van der Waals surface area contributed by atoms with E-state index in [2.05, 4.69) is 10.6 Å². The fraction of sp³-hybridized carbons (Fsp3) is 0.467. The number of carboxylic acids is 1. The molecule has 1 fully saturated rings. The molecule has 2 unspecified atom stereocenters. The molecule has 0 aromatic heterocycles. The van der Waals surface area contributed by atoms with Crippen LogP contribution in [0.25, 0.3) is 0 Å². The van der Waals surface area contributed by atoms with Gasteiger partial charge in [-0.25, -0.2) is 9.59 Å². The SMILES string of the molecule is CC1CCCCC1(NC(=O)Nc1ccccc1)C(=O)O. The van der Waals surface area contributed by atoms with Crippen LogP contribution in [0.15, 0.2) is 30.3 Å². The highest BCUT2D eigenvalue weighted by molar-refractivity contribution is 5.94. The van der Waals surface area contributed by atoms with E-state index < -0.39 is 17.5 Å². The monoisotopic (exact) mass is 276 g/mol. The van der Waals surface area contributed by atoms with Crippen LogP contribution in [0.5, 0.6) is 0 Å². The number of hydrogen-bond donors (Lipinski definition) is 3. The highest BCUT2D eigenvalue weighted by Crippen LogP contribution is 2.34. The summed E-state index contributed by atoms with van der Waals surface area (Å²) in [5, 5.41) is 14.9. The van der Waals surface area contributed by atoms with E-state index in [1.165, 1.54) is 0 Å². The highest BCUT2D eigenvalue weighted by atomic mass is 16.4. The highest BCUT2D eigenvalue weighted by Gasteiger charge is 2.46. The van der Waals surface area contributed by atoms with Crippen LogP contribution in [-0.2, 0) is 4.79 Å². The second-order valence-corrected chi connectivity index (χ2v) is 5.37. The molecule has 0 bridgehead atoms. The largest absolute Gasteiger partial charge is 0.479 e. The summed E-state index contributed by atoms with van der Waals surface area (Å²) < 4.78 is 0. The Morgan fingerprint density at radius 2 is 1.95 bits per heavy atom. The lowest BCUT2D eigenvalue weighted by Gasteiger charge is -2.39. The van der Waals surface area contributed by atoms with Crippen molar-refractivity contribution >= 4 is 17.7 Å². The average Bonchev–Trinajstić information content (AvgIpc) is 2.42. The van der Waals surface area contributed by atoms with Crippen LogP contribution < -0.4 is 10.6 Å². The molecule has 3 N–H and O–H groups in total. The van der Waals surface area contributed by atoms with Gasteiger partial charge in [0.15, 0.2) is 0 Å². The zero-order chi connectivity index (χ0) is 14.6. The van der Waals surface area contributed by atoms with E-state index in [1.54, 1.807) is 12.1 Å². The number of carbonyl (C=O) groups is 2. The predicted molar refractivity (Wildman–Crippen MR) is 76.6 cm³/mol. The molecule has 0 heterocycles. The molecule has 1 aromatic rings. The van der Waals surface area contributed by atoms with Gasteiger partial charge in [0, 0.05) is 5.69 Å². The van der Waals surface area contributed by atoms with Crippen molar-refractivity contribution in [2.24, 2.45) is 5.92 Å². The van der Waals surface area contributed by atoms with E-state index in [0.29, 0.717) is 12.1 Å². The van der Waals surface area contributed by atoms with Crippen molar-refractivity contribution in [3.8, 4) is 0 Å². The number of para-hydroxylation sites is 1. The number of carbonyl (C=O) groups excluding carboxylic acids is 1. The molecule has 0 saturated heterocycles. The smallest absolute Gasteiger partial charge is 0.329 e. The van der Waals surface area contributed by atoms with Crippen molar-refractivity contribution in [3.63, 3.8) is 0 Å². The molecule has 0 spiro atoms. The molecule has 0 radical (unpaired) electrons. The lowest BCUT2D eigenvalue weighted by Crippen LogP contribution is -2.60. The molecule has 20 heavy (non-hydrogen) atoms. The van der Waals surface area contributed by atoms with Crippen molar-refractivity contribution in [1.82, 2.24) is 5.32 Å². The van der Waals surface area contributed by atoms with Crippen LogP contribution in [0.4, 0.5) is 10.5 Å². The third-order valence-corrected chi connectivity index (χ3v) is 4.05. The van der Waals surface area contributed by atoms with E-state index >= 15 is 0 Å². The van der Waals surface area contributed by atoms with Gasteiger partial charge in [0.1, 0.15) is 5.54 Å². The van der Waals surface area contributed by atoms with Crippen molar-refractivity contribution in [2.75, 3.05) is 5.32 Å². The van der Waals surface area contributed by atoms with Gasteiger partial charge < -0.3 is 15.7 Å². The van der Waals surface area contributed by atoms with Crippen LogP contribution in [0, 0.1) is 5.92 Å². The Hall–Kier alpha value is -2.04. The molecule has 108 valence electrons. The average molecular weight is 276 g/mol.